The highest BCUT2D eigenvalue weighted by Gasteiger charge is 2.34. The van der Waals surface area contributed by atoms with E-state index in [9.17, 15) is 0 Å². The standard InChI is InChI=1S/C11H23N/c1-10(2)7-5-6-9(8-10)11(3,4)12/h9H,5-8,12H2,1-4H3. The van der Waals surface area contributed by atoms with Crippen LogP contribution in [0.4, 0.5) is 0 Å². The van der Waals surface area contributed by atoms with E-state index in [1.807, 2.05) is 0 Å². The summed E-state index contributed by atoms with van der Waals surface area (Å²) in [5, 5.41) is 0. The van der Waals surface area contributed by atoms with Crippen LogP contribution in [0.15, 0.2) is 0 Å². The smallest absolute Gasteiger partial charge is 0.0126 e. The van der Waals surface area contributed by atoms with Gasteiger partial charge >= 0.3 is 0 Å². The second-order valence-electron chi connectivity index (χ2n) is 5.78. The van der Waals surface area contributed by atoms with Crippen molar-refractivity contribution >= 4 is 0 Å². The Balaban J connectivity index is 2.58. The topological polar surface area (TPSA) is 26.0 Å². The van der Waals surface area contributed by atoms with Crippen molar-refractivity contribution in [3.05, 3.63) is 0 Å². The van der Waals surface area contributed by atoms with Gasteiger partial charge in [0.25, 0.3) is 0 Å². The minimum Gasteiger partial charge on any atom is -0.325 e. The Hall–Kier alpha value is -0.0400. The summed E-state index contributed by atoms with van der Waals surface area (Å²) in [6.07, 6.45) is 5.36. The molecule has 0 aromatic heterocycles. The monoisotopic (exact) mass is 169 g/mol. The highest BCUT2D eigenvalue weighted by Crippen LogP contribution is 2.41. The maximum Gasteiger partial charge on any atom is 0.0126 e. The van der Waals surface area contributed by atoms with E-state index in [4.69, 9.17) is 5.73 Å². The third kappa shape index (κ3) is 2.48. The molecule has 1 aliphatic carbocycles. The molecule has 0 heterocycles. The average molecular weight is 169 g/mol. The van der Waals surface area contributed by atoms with Crippen molar-refractivity contribution in [1.82, 2.24) is 0 Å². The predicted octanol–water partition coefficient (Wildman–Crippen LogP) is 2.94. The summed E-state index contributed by atoms with van der Waals surface area (Å²) >= 11 is 0. The third-order valence-electron chi connectivity index (χ3n) is 3.26. The second-order valence-corrected chi connectivity index (χ2v) is 5.78. The summed E-state index contributed by atoms with van der Waals surface area (Å²) in [7, 11) is 0. The molecule has 1 heteroatoms. The van der Waals surface area contributed by atoms with Crippen LogP contribution in [0.25, 0.3) is 0 Å². The van der Waals surface area contributed by atoms with Gasteiger partial charge in [0.1, 0.15) is 0 Å². The highest BCUT2D eigenvalue weighted by atomic mass is 14.7. The van der Waals surface area contributed by atoms with Crippen molar-refractivity contribution in [1.29, 1.82) is 0 Å². The molecule has 1 saturated carbocycles. The Kier molecular flexibility index (Phi) is 2.53. The maximum atomic E-state index is 6.13. The Morgan fingerprint density at radius 2 is 1.92 bits per heavy atom. The highest BCUT2D eigenvalue weighted by molar-refractivity contribution is 4.89. The fourth-order valence-electron chi connectivity index (χ4n) is 2.33. The van der Waals surface area contributed by atoms with Gasteiger partial charge in [0.2, 0.25) is 0 Å². The zero-order valence-corrected chi connectivity index (χ0v) is 8.98. The summed E-state index contributed by atoms with van der Waals surface area (Å²) in [6, 6.07) is 0. The molecule has 72 valence electrons. The first-order valence-electron chi connectivity index (χ1n) is 5.10. The molecule has 0 radical (unpaired) electrons. The normalized spacial score (nSPS) is 30.2. The van der Waals surface area contributed by atoms with Crippen LogP contribution in [-0.4, -0.2) is 5.54 Å². The van der Waals surface area contributed by atoms with Gasteiger partial charge in [-0.3, -0.25) is 0 Å². The Morgan fingerprint density at radius 3 is 2.25 bits per heavy atom. The van der Waals surface area contributed by atoms with Gasteiger partial charge in [-0.05, 0) is 44.4 Å². The molecule has 0 aromatic carbocycles. The second kappa shape index (κ2) is 3.02. The van der Waals surface area contributed by atoms with Crippen LogP contribution in [0.2, 0.25) is 0 Å². The van der Waals surface area contributed by atoms with Crippen LogP contribution in [0.5, 0.6) is 0 Å². The Morgan fingerprint density at radius 1 is 1.33 bits per heavy atom. The van der Waals surface area contributed by atoms with Crippen LogP contribution in [0, 0.1) is 11.3 Å². The number of hydrogen-bond donors (Lipinski definition) is 1. The molecular weight excluding hydrogens is 146 g/mol. The van der Waals surface area contributed by atoms with Gasteiger partial charge < -0.3 is 5.73 Å². The summed E-state index contributed by atoms with van der Waals surface area (Å²) in [6.45, 7) is 9.06. The van der Waals surface area contributed by atoms with Gasteiger partial charge in [-0.1, -0.05) is 20.3 Å². The molecule has 0 aliphatic heterocycles. The molecular formula is C11H23N. The van der Waals surface area contributed by atoms with E-state index in [0.29, 0.717) is 5.41 Å². The fourth-order valence-corrected chi connectivity index (χ4v) is 2.33. The molecule has 12 heavy (non-hydrogen) atoms. The largest absolute Gasteiger partial charge is 0.325 e. The molecule has 0 amide bonds. The van der Waals surface area contributed by atoms with Gasteiger partial charge in [0.05, 0.1) is 0 Å². The zero-order valence-electron chi connectivity index (χ0n) is 8.98. The number of rotatable bonds is 1. The van der Waals surface area contributed by atoms with Crippen molar-refractivity contribution in [2.75, 3.05) is 0 Å². The van der Waals surface area contributed by atoms with Crippen LogP contribution in [0.1, 0.15) is 53.4 Å². The minimum absolute atomic E-state index is 0.0255. The van der Waals surface area contributed by atoms with Gasteiger partial charge in [-0.15, -0.1) is 0 Å². The van der Waals surface area contributed by atoms with E-state index in [-0.39, 0.29) is 5.54 Å². The van der Waals surface area contributed by atoms with E-state index in [0.717, 1.165) is 5.92 Å². The lowest BCUT2D eigenvalue weighted by Crippen LogP contribution is -2.44. The van der Waals surface area contributed by atoms with Gasteiger partial charge in [-0.2, -0.15) is 0 Å². The zero-order chi connectivity index (χ0) is 9.41. The number of nitrogens with two attached hydrogens (primary N) is 1. The molecule has 0 aromatic rings. The molecule has 0 saturated heterocycles. The number of hydrogen-bond acceptors (Lipinski definition) is 1. The first kappa shape index (κ1) is 10.0. The Bertz CT molecular complexity index is 150. The lowest BCUT2D eigenvalue weighted by Gasteiger charge is -2.41. The van der Waals surface area contributed by atoms with Crippen LogP contribution >= 0.6 is 0 Å². The van der Waals surface area contributed by atoms with E-state index in [1.165, 1.54) is 25.7 Å². The minimum atomic E-state index is 0.0255. The summed E-state index contributed by atoms with van der Waals surface area (Å²) in [5.41, 5.74) is 6.68. The lowest BCUT2D eigenvalue weighted by atomic mass is 9.67. The molecule has 1 fully saturated rings. The molecule has 1 atom stereocenters. The summed E-state index contributed by atoms with van der Waals surface area (Å²) in [4.78, 5) is 0. The fraction of sp³-hybridized carbons (Fsp3) is 1.00. The van der Waals surface area contributed by atoms with E-state index >= 15 is 0 Å². The van der Waals surface area contributed by atoms with Gasteiger partial charge in [-0.25, -0.2) is 0 Å². The molecule has 1 nitrogen and oxygen atoms in total. The van der Waals surface area contributed by atoms with E-state index in [2.05, 4.69) is 27.7 Å². The molecule has 1 aliphatic rings. The van der Waals surface area contributed by atoms with Gasteiger partial charge in [0, 0.05) is 5.54 Å². The van der Waals surface area contributed by atoms with Crippen LogP contribution < -0.4 is 5.73 Å². The van der Waals surface area contributed by atoms with Crippen molar-refractivity contribution in [2.24, 2.45) is 17.1 Å². The Labute approximate surface area is 76.7 Å². The van der Waals surface area contributed by atoms with Crippen LogP contribution in [0.3, 0.4) is 0 Å². The molecule has 0 bridgehead atoms. The van der Waals surface area contributed by atoms with Crippen molar-refractivity contribution in [3.63, 3.8) is 0 Å². The van der Waals surface area contributed by atoms with Crippen molar-refractivity contribution < 1.29 is 0 Å². The molecule has 0 spiro atoms. The SMILES string of the molecule is CC1(C)CCCC(C(C)(C)N)C1. The lowest BCUT2D eigenvalue weighted by molar-refractivity contribution is 0.130. The van der Waals surface area contributed by atoms with Gasteiger partial charge in [0.15, 0.2) is 0 Å². The van der Waals surface area contributed by atoms with Crippen molar-refractivity contribution in [3.8, 4) is 0 Å². The van der Waals surface area contributed by atoms with Crippen molar-refractivity contribution in [2.45, 2.75) is 58.9 Å². The summed E-state index contributed by atoms with van der Waals surface area (Å²) in [5.74, 6) is 0.723. The van der Waals surface area contributed by atoms with E-state index < -0.39 is 0 Å². The van der Waals surface area contributed by atoms with E-state index in [1.54, 1.807) is 0 Å². The molecule has 2 N–H and O–H groups in total. The molecule has 1 unspecified atom stereocenters. The maximum absolute atomic E-state index is 6.13. The predicted molar refractivity (Wildman–Crippen MR) is 54.0 cm³/mol. The quantitative estimate of drug-likeness (QED) is 0.641. The summed E-state index contributed by atoms with van der Waals surface area (Å²) < 4.78 is 0. The van der Waals surface area contributed by atoms with Crippen LogP contribution in [-0.2, 0) is 0 Å². The molecule has 1 rings (SSSR count). The first-order valence-corrected chi connectivity index (χ1v) is 5.10. The third-order valence-corrected chi connectivity index (χ3v) is 3.26. The average Bonchev–Trinajstić information content (AvgIpc) is 1.83. The first-order chi connectivity index (χ1) is 5.31.